The first-order valence-corrected chi connectivity index (χ1v) is 13.5. The molecular formula is C28H25Cl2N5OS. The smallest absolute Gasteiger partial charge is 0.255 e. The third-order valence-electron chi connectivity index (χ3n) is 6.13. The highest BCUT2D eigenvalue weighted by Gasteiger charge is 2.34. The number of hydrogen-bond donors (Lipinski definition) is 2. The number of halogens is 2. The lowest BCUT2D eigenvalue weighted by atomic mass is 9.95. The first-order chi connectivity index (χ1) is 17.8. The van der Waals surface area contributed by atoms with E-state index in [1.54, 1.807) is 4.68 Å². The minimum atomic E-state index is -0.506. The number of nitrogens with one attached hydrogen (secondary N) is 2. The largest absolute Gasteiger partial charge is 0.328 e. The first kappa shape index (κ1) is 25.4. The molecule has 1 amide bonds. The van der Waals surface area contributed by atoms with Gasteiger partial charge in [0.2, 0.25) is 11.1 Å². The Labute approximate surface area is 230 Å². The maximum absolute atomic E-state index is 13.7. The van der Waals surface area contributed by atoms with E-state index in [1.165, 1.54) is 11.8 Å². The van der Waals surface area contributed by atoms with Gasteiger partial charge in [0.05, 0.1) is 5.57 Å². The fourth-order valence-corrected chi connectivity index (χ4v) is 5.57. The molecule has 0 fully saturated rings. The number of carbonyl (C=O) groups excluding carboxylic acids is 1. The van der Waals surface area contributed by atoms with Crippen LogP contribution in [0, 0.1) is 13.8 Å². The minimum absolute atomic E-state index is 0.212. The Morgan fingerprint density at radius 3 is 2.51 bits per heavy atom. The molecule has 6 nitrogen and oxygen atoms in total. The van der Waals surface area contributed by atoms with E-state index in [1.807, 2.05) is 87.5 Å². The summed E-state index contributed by atoms with van der Waals surface area (Å²) in [6, 6.07) is 20.7. The molecule has 1 aliphatic heterocycles. The number of nitrogens with zero attached hydrogens (tertiary/aromatic N) is 3. The van der Waals surface area contributed by atoms with Crippen molar-refractivity contribution in [2.45, 2.75) is 37.7 Å². The normalized spacial score (nSPS) is 14.8. The Bertz CT molecular complexity index is 1530. The summed E-state index contributed by atoms with van der Waals surface area (Å²) in [5, 5.41) is 13.0. The molecule has 3 aromatic carbocycles. The summed E-state index contributed by atoms with van der Waals surface area (Å²) in [5.74, 6) is 1.02. The fourth-order valence-electron chi connectivity index (χ4n) is 4.39. The Hall–Kier alpha value is -3.26. The summed E-state index contributed by atoms with van der Waals surface area (Å²) in [5.41, 5.74) is 6.07. The molecule has 5 rings (SSSR count). The van der Waals surface area contributed by atoms with Crippen molar-refractivity contribution >= 4 is 52.5 Å². The van der Waals surface area contributed by atoms with E-state index in [0.29, 0.717) is 38.2 Å². The van der Waals surface area contributed by atoms with Crippen LogP contribution in [0.25, 0.3) is 0 Å². The number of allylic oxidation sites excluding steroid dienone is 1. The van der Waals surface area contributed by atoms with Crippen LogP contribution < -0.4 is 10.6 Å². The summed E-state index contributed by atoms with van der Waals surface area (Å²) in [4.78, 5) is 18.4. The highest BCUT2D eigenvalue weighted by Crippen LogP contribution is 2.38. The Morgan fingerprint density at radius 2 is 1.78 bits per heavy atom. The topological polar surface area (TPSA) is 71.8 Å². The van der Waals surface area contributed by atoms with Gasteiger partial charge in [-0.2, -0.15) is 4.98 Å². The zero-order valence-corrected chi connectivity index (χ0v) is 22.9. The van der Waals surface area contributed by atoms with Crippen LogP contribution in [-0.4, -0.2) is 20.7 Å². The van der Waals surface area contributed by atoms with Gasteiger partial charge >= 0.3 is 0 Å². The Balaban J connectivity index is 1.50. The lowest BCUT2D eigenvalue weighted by molar-refractivity contribution is -0.113. The molecule has 9 heteroatoms. The zero-order chi connectivity index (χ0) is 26.1. The zero-order valence-electron chi connectivity index (χ0n) is 20.5. The van der Waals surface area contributed by atoms with Crippen molar-refractivity contribution in [2.24, 2.45) is 0 Å². The van der Waals surface area contributed by atoms with Crippen molar-refractivity contribution in [3.05, 3.63) is 110 Å². The second-order valence-electron chi connectivity index (χ2n) is 8.97. The molecule has 1 atom stereocenters. The standard InChI is InChI=1S/C28H25Cl2N5OS/c1-16-10-11-23(17(2)12-16)32-26(36)24-18(3)31-27-33-28(37-15-19-6-4-8-21(29)13-19)34-35(27)25(24)20-7-5-9-22(30)14-20/h4-14,25H,15H2,1-3H3,(H,32,36)(H,31,33,34)/t25-/m0/s1. The van der Waals surface area contributed by atoms with Crippen molar-refractivity contribution in [3.63, 3.8) is 0 Å². The molecule has 0 radical (unpaired) electrons. The first-order valence-electron chi connectivity index (χ1n) is 11.7. The number of thioether (sulfide) groups is 1. The van der Waals surface area contributed by atoms with E-state index in [4.69, 9.17) is 33.3 Å². The molecule has 1 aliphatic rings. The van der Waals surface area contributed by atoms with Crippen LogP contribution in [0.2, 0.25) is 10.0 Å². The maximum Gasteiger partial charge on any atom is 0.255 e. The van der Waals surface area contributed by atoms with Crippen LogP contribution in [0.5, 0.6) is 0 Å². The Kier molecular flexibility index (Phi) is 7.29. The van der Waals surface area contributed by atoms with Crippen LogP contribution in [-0.2, 0) is 10.5 Å². The second kappa shape index (κ2) is 10.6. The SMILES string of the molecule is CC1=C(C(=O)Nc2ccc(C)cc2C)[C@H](c2cccc(Cl)c2)n2nc(SCc3cccc(Cl)c3)nc2N1. The number of carbonyl (C=O) groups is 1. The highest BCUT2D eigenvalue weighted by atomic mass is 35.5. The van der Waals surface area contributed by atoms with Gasteiger partial charge in [0, 0.05) is 27.2 Å². The average Bonchev–Trinajstić information content (AvgIpc) is 3.26. The van der Waals surface area contributed by atoms with Gasteiger partial charge in [0.15, 0.2) is 0 Å². The highest BCUT2D eigenvalue weighted by molar-refractivity contribution is 7.98. The van der Waals surface area contributed by atoms with E-state index < -0.39 is 6.04 Å². The van der Waals surface area contributed by atoms with E-state index in [9.17, 15) is 4.79 Å². The summed E-state index contributed by atoms with van der Waals surface area (Å²) < 4.78 is 1.76. The second-order valence-corrected chi connectivity index (χ2v) is 10.8. The summed E-state index contributed by atoms with van der Waals surface area (Å²) in [7, 11) is 0. The molecule has 188 valence electrons. The number of aryl methyl sites for hydroxylation is 2. The number of rotatable bonds is 6. The molecule has 2 heterocycles. The van der Waals surface area contributed by atoms with Crippen molar-refractivity contribution in [1.29, 1.82) is 0 Å². The molecule has 0 saturated heterocycles. The van der Waals surface area contributed by atoms with E-state index in [0.717, 1.165) is 27.9 Å². The molecule has 0 unspecified atom stereocenters. The third kappa shape index (κ3) is 5.54. The lowest BCUT2D eigenvalue weighted by Gasteiger charge is -2.29. The van der Waals surface area contributed by atoms with Gasteiger partial charge in [-0.3, -0.25) is 4.79 Å². The van der Waals surface area contributed by atoms with Crippen LogP contribution in [0.1, 0.15) is 35.2 Å². The van der Waals surface area contributed by atoms with Gasteiger partial charge < -0.3 is 10.6 Å². The van der Waals surface area contributed by atoms with Crippen LogP contribution in [0.3, 0.4) is 0 Å². The van der Waals surface area contributed by atoms with Crippen LogP contribution >= 0.6 is 35.0 Å². The van der Waals surface area contributed by atoms with Gasteiger partial charge in [0.25, 0.3) is 5.91 Å². The summed E-state index contributed by atoms with van der Waals surface area (Å²) in [6.07, 6.45) is 0. The molecule has 2 N–H and O–H groups in total. The quantitative estimate of drug-likeness (QED) is 0.245. The summed E-state index contributed by atoms with van der Waals surface area (Å²) >= 11 is 14.0. The number of hydrogen-bond acceptors (Lipinski definition) is 5. The van der Waals surface area contributed by atoms with Crippen molar-refractivity contribution < 1.29 is 4.79 Å². The lowest BCUT2D eigenvalue weighted by Crippen LogP contribution is -2.31. The van der Waals surface area contributed by atoms with Gasteiger partial charge in [-0.1, -0.05) is 76.9 Å². The van der Waals surface area contributed by atoms with Gasteiger partial charge in [0.1, 0.15) is 6.04 Å². The van der Waals surface area contributed by atoms with Crippen LogP contribution in [0.4, 0.5) is 11.6 Å². The van der Waals surface area contributed by atoms with Gasteiger partial charge in [-0.15, -0.1) is 5.10 Å². The van der Waals surface area contributed by atoms with Gasteiger partial charge in [-0.25, -0.2) is 4.68 Å². The Morgan fingerprint density at radius 1 is 1.03 bits per heavy atom. The van der Waals surface area contributed by atoms with Crippen molar-refractivity contribution in [2.75, 3.05) is 10.6 Å². The predicted octanol–water partition coefficient (Wildman–Crippen LogP) is 7.42. The molecule has 0 spiro atoms. The van der Waals surface area contributed by atoms with Crippen LogP contribution in [0.15, 0.2) is 83.2 Å². The number of anilines is 2. The average molecular weight is 551 g/mol. The monoisotopic (exact) mass is 549 g/mol. The number of amides is 1. The predicted molar refractivity (Wildman–Crippen MR) is 151 cm³/mol. The number of benzene rings is 3. The molecular weight excluding hydrogens is 525 g/mol. The third-order valence-corrected chi connectivity index (χ3v) is 7.51. The molecule has 4 aromatic rings. The van der Waals surface area contributed by atoms with Crippen molar-refractivity contribution in [1.82, 2.24) is 14.8 Å². The molecule has 0 saturated carbocycles. The maximum atomic E-state index is 13.7. The van der Waals surface area contributed by atoms with E-state index in [2.05, 4.69) is 10.6 Å². The van der Waals surface area contributed by atoms with E-state index >= 15 is 0 Å². The molecule has 0 aliphatic carbocycles. The number of fused-ring (bicyclic) bond motifs is 1. The minimum Gasteiger partial charge on any atom is -0.328 e. The van der Waals surface area contributed by atoms with Gasteiger partial charge in [-0.05, 0) is 67.8 Å². The fraction of sp³-hybridized carbons (Fsp3) is 0.179. The molecule has 0 bridgehead atoms. The molecule has 1 aromatic heterocycles. The number of aromatic nitrogens is 3. The summed E-state index contributed by atoms with van der Waals surface area (Å²) in [6.45, 7) is 5.89. The van der Waals surface area contributed by atoms with E-state index in [-0.39, 0.29) is 5.91 Å². The van der Waals surface area contributed by atoms with Crippen molar-refractivity contribution in [3.8, 4) is 0 Å². The molecule has 37 heavy (non-hydrogen) atoms.